The van der Waals surface area contributed by atoms with Gasteiger partial charge in [-0.2, -0.15) is 8.42 Å². The molecule has 0 fully saturated rings. The minimum atomic E-state index is -4.31. The Morgan fingerprint density at radius 1 is 1.10 bits per heavy atom. The fourth-order valence-electron chi connectivity index (χ4n) is 2.24. The average molecular weight is 311 g/mol. The molecular formula is C14H21N3O3S. The van der Waals surface area contributed by atoms with E-state index < -0.39 is 16.2 Å². The Kier molecular flexibility index (Phi) is 5.39. The van der Waals surface area contributed by atoms with E-state index in [1.54, 1.807) is 19.1 Å². The van der Waals surface area contributed by atoms with Crippen LogP contribution in [-0.4, -0.2) is 13.0 Å². The summed E-state index contributed by atoms with van der Waals surface area (Å²) in [7, 11) is -4.31. The molecule has 0 radical (unpaired) electrons. The van der Waals surface area contributed by atoms with Gasteiger partial charge in [0.15, 0.2) is 0 Å². The number of hydrogen-bond acceptors (Lipinski definition) is 3. The lowest BCUT2D eigenvalue weighted by atomic mass is 9.91. The number of rotatable bonds is 5. The number of nitrogens with zero attached hydrogens (tertiary/aromatic N) is 3. The van der Waals surface area contributed by atoms with Gasteiger partial charge in [0.1, 0.15) is 4.90 Å². The first-order valence-electron chi connectivity index (χ1n) is 6.79. The summed E-state index contributed by atoms with van der Waals surface area (Å²) < 4.78 is 33.1. The Morgan fingerprint density at radius 3 is 1.81 bits per heavy atom. The van der Waals surface area contributed by atoms with Crippen molar-refractivity contribution in [3.05, 3.63) is 39.3 Å². The maximum absolute atomic E-state index is 11.8. The Hall–Kier alpha value is -1.56. The highest BCUT2D eigenvalue weighted by atomic mass is 32.2. The van der Waals surface area contributed by atoms with Gasteiger partial charge < -0.3 is 0 Å². The van der Waals surface area contributed by atoms with Crippen molar-refractivity contribution in [3.63, 3.8) is 0 Å². The van der Waals surface area contributed by atoms with Crippen molar-refractivity contribution in [1.29, 1.82) is 0 Å². The molecule has 6 nitrogen and oxygen atoms in total. The van der Waals surface area contributed by atoms with Crippen molar-refractivity contribution >= 4 is 10.1 Å². The van der Waals surface area contributed by atoms with E-state index in [0.717, 1.165) is 5.56 Å². The zero-order valence-electron chi connectivity index (χ0n) is 12.9. The summed E-state index contributed by atoms with van der Waals surface area (Å²) in [5, 5.41) is 3.66. The second kappa shape index (κ2) is 6.47. The van der Waals surface area contributed by atoms with Crippen LogP contribution in [-0.2, 0) is 10.1 Å². The van der Waals surface area contributed by atoms with Gasteiger partial charge in [-0.3, -0.25) is 4.55 Å². The van der Waals surface area contributed by atoms with E-state index >= 15 is 0 Å². The lowest BCUT2D eigenvalue weighted by molar-refractivity contribution is 0.479. The van der Waals surface area contributed by atoms with Gasteiger partial charge in [0.05, 0.1) is 6.04 Å². The summed E-state index contributed by atoms with van der Waals surface area (Å²) in [6.45, 7) is 9.18. The average Bonchev–Trinajstić information content (AvgIpc) is 2.36. The highest BCUT2D eigenvalue weighted by molar-refractivity contribution is 7.86. The minimum Gasteiger partial charge on any atom is -0.282 e. The summed E-state index contributed by atoms with van der Waals surface area (Å²) in [5.41, 5.74) is 10.4. The predicted octanol–water partition coefficient (Wildman–Crippen LogP) is 4.55. The Balaban J connectivity index is 3.77. The summed E-state index contributed by atoms with van der Waals surface area (Å²) in [6.07, 6.45) is 0. The molecule has 0 heterocycles. The molecule has 1 aromatic rings. The third kappa shape index (κ3) is 3.97. The molecule has 0 bridgehead atoms. The fourth-order valence-corrected chi connectivity index (χ4v) is 3.42. The van der Waals surface area contributed by atoms with Crippen molar-refractivity contribution in [2.45, 2.75) is 57.4 Å². The van der Waals surface area contributed by atoms with E-state index in [4.69, 9.17) is 5.53 Å². The molecule has 1 aromatic carbocycles. The quantitative estimate of drug-likeness (QED) is 0.373. The van der Waals surface area contributed by atoms with Crippen LogP contribution in [0.4, 0.5) is 0 Å². The zero-order chi connectivity index (χ0) is 16.4. The third-order valence-corrected chi connectivity index (χ3v) is 4.37. The first-order chi connectivity index (χ1) is 9.59. The Labute approximate surface area is 125 Å². The summed E-state index contributed by atoms with van der Waals surface area (Å²) in [5.74, 6) is -0.171. The predicted molar refractivity (Wildman–Crippen MR) is 82.0 cm³/mol. The number of azide groups is 1. The Morgan fingerprint density at radius 2 is 1.52 bits per heavy atom. The van der Waals surface area contributed by atoms with E-state index in [9.17, 15) is 13.0 Å². The fraction of sp³-hybridized carbons (Fsp3) is 0.571. The van der Waals surface area contributed by atoms with Crippen molar-refractivity contribution < 1.29 is 13.0 Å². The van der Waals surface area contributed by atoms with Crippen molar-refractivity contribution in [3.8, 4) is 0 Å². The van der Waals surface area contributed by atoms with Gasteiger partial charge in [0.2, 0.25) is 0 Å². The second-order valence-electron chi connectivity index (χ2n) is 5.69. The monoisotopic (exact) mass is 311 g/mol. The molecule has 0 saturated heterocycles. The second-order valence-corrected chi connectivity index (χ2v) is 7.05. The smallest absolute Gasteiger partial charge is 0.282 e. The van der Waals surface area contributed by atoms with Gasteiger partial charge in [-0.05, 0) is 34.1 Å². The van der Waals surface area contributed by atoms with Gasteiger partial charge >= 0.3 is 0 Å². The van der Waals surface area contributed by atoms with Crippen LogP contribution in [0, 0.1) is 0 Å². The largest absolute Gasteiger partial charge is 0.295 e. The van der Waals surface area contributed by atoms with Crippen LogP contribution in [0.15, 0.2) is 22.1 Å². The molecule has 1 rings (SSSR count). The molecule has 7 heteroatoms. The topological polar surface area (TPSA) is 103 Å². The van der Waals surface area contributed by atoms with E-state index in [1.165, 1.54) is 0 Å². The first kappa shape index (κ1) is 17.5. The van der Waals surface area contributed by atoms with Crippen LogP contribution in [0.5, 0.6) is 0 Å². The van der Waals surface area contributed by atoms with E-state index in [1.807, 2.05) is 27.7 Å². The molecule has 0 spiro atoms. The van der Waals surface area contributed by atoms with Crippen LogP contribution in [0.1, 0.15) is 69.2 Å². The van der Waals surface area contributed by atoms with Crippen LogP contribution in [0.2, 0.25) is 0 Å². The zero-order valence-corrected chi connectivity index (χ0v) is 13.7. The molecule has 1 atom stereocenters. The lowest BCUT2D eigenvalue weighted by Crippen LogP contribution is -2.11. The van der Waals surface area contributed by atoms with Crippen LogP contribution < -0.4 is 0 Å². The molecule has 0 aromatic heterocycles. The first-order valence-corrected chi connectivity index (χ1v) is 8.23. The molecule has 0 aliphatic rings. The molecule has 0 aliphatic heterocycles. The molecule has 0 amide bonds. The molecule has 0 aliphatic carbocycles. The standard InChI is InChI=1S/C14H21N3O3S/c1-8(2)12-6-11(10(5)16-17-15)7-13(9(3)4)14(12)21(18,19)20/h6-10H,1-5H3,(H,18,19,20). The van der Waals surface area contributed by atoms with Crippen LogP contribution >= 0.6 is 0 Å². The highest BCUT2D eigenvalue weighted by Gasteiger charge is 2.25. The van der Waals surface area contributed by atoms with E-state index in [0.29, 0.717) is 11.1 Å². The summed E-state index contributed by atoms with van der Waals surface area (Å²) in [6, 6.07) is 2.98. The summed E-state index contributed by atoms with van der Waals surface area (Å²) >= 11 is 0. The highest BCUT2D eigenvalue weighted by Crippen LogP contribution is 2.35. The number of hydrogen-bond donors (Lipinski definition) is 1. The molecule has 21 heavy (non-hydrogen) atoms. The molecule has 0 saturated carbocycles. The van der Waals surface area contributed by atoms with Crippen molar-refractivity contribution in [2.24, 2.45) is 5.11 Å². The van der Waals surface area contributed by atoms with Gasteiger partial charge in [-0.25, -0.2) is 0 Å². The van der Waals surface area contributed by atoms with Crippen LogP contribution in [0.25, 0.3) is 10.4 Å². The van der Waals surface area contributed by atoms with E-state index in [2.05, 4.69) is 10.0 Å². The minimum absolute atomic E-state index is 0.0237. The van der Waals surface area contributed by atoms with Crippen molar-refractivity contribution in [2.75, 3.05) is 0 Å². The molecule has 1 unspecified atom stereocenters. The maximum atomic E-state index is 11.8. The maximum Gasteiger partial charge on any atom is 0.295 e. The van der Waals surface area contributed by atoms with Crippen molar-refractivity contribution in [1.82, 2.24) is 0 Å². The Bertz CT molecular complexity index is 646. The molecule has 1 N–H and O–H groups in total. The van der Waals surface area contributed by atoms with Gasteiger partial charge in [0, 0.05) is 4.91 Å². The lowest BCUT2D eigenvalue weighted by Gasteiger charge is -2.20. The van der Waals surface area contributed by atoms with Crippen LogP contribution in [0.3, 0.4) is 0 Å². The van der Waals surface area contributed by atoms with E-state index in [-0.39, 0.29) is 16.7 Å². The van der Waals surface area contributed by atoms with Gasteiger partial charge in [-0.1, -0.05) is 51.9 Å². The molecule has 116 valence electrons. The van der Waals surface area contributed by atoms with Gasteiger partial charge in [-0.15, -0.1) is 0 Å². The SMILES string of the molecule is CC(C)c1cc(C(C)N=[N+]=[N-])cc(C(C)C)c1S(=O)(=O)O. The summed E-state index contributed by atoms with van der Waals surface area (Å²) in [4.78, 5) is 2.77. The van der Waals surface area contributed by atoms with Gasteiger partial charge in [0.25, 0.3) is 10.1 Å². The number of benzene rings is 1. The molecular weight excluding hydrogens is 290 g/mol. The normalized spacial score (nSPS) is 13.3. The third-order valence-electron chi connectivity index (χ3n) is 3.38.